The summed E-state index contributed by atoms with van der Waals surface area (Å²) >= 11 is 3.39. The number of anilines is 1. The quantitative estimate of drug-likeness (QED) is 0.900. The smallest absolute Gasteiger partial charge is 0.101 e. The summed E-state index contributed by atoms with van der Waals surface area (Å²) in [5.41, 5.74) is 1.61. The molecule has 1 fully saturated rings. The topological polar surface area (TPSA) is 39.1 Å². The molecule has 0 spiro atoms. The van der Waals surface area contributed by atoms with Crippen LogP contribution in [0.2, 0.25) is 0 Å². The second-order valence-electron chi connectivity index (χ2n) is 5.15. The Morgan fingerprint density at radius 2 is 2.16 bits per heavy atom. The molecule has 2 rings (SSSR count). The van der Waals surface area contributed by atoms with Crippen LogP contribution in [0.25, 0.3) is 0 Å². The summed E-state index contributed by atoms with van der Waals surface area (Å²) in [6.07, 6.45) is 5.40. The lowest BCUT2D eigenvalue weighted by Gasteiger charge is -2.24. The largest absolute Gasteiger partial charge is 0.383 e. The average Bonchev–Trinajstić information content (AvgIpc) is 2.94. The number of benzene rings is 1. The van der Waals surface area contributed by atoms with E-state index in [-0.39, 0.29) is 0 Å². The number of rotatable bonds is 5. The van der Waals surface area contributed by atoms with Crippen molar-refractivity contribution in [2.75, 3.05) is 25.5 Å². The molecule has 1 aromatic carbocycles. The summed E-state index contributed by atoms with van der Waals surface area (Å²) in [4.78, 5) is 2.44. The second-order valence-corrected chi connectivity index (χ2v) is 6.06. The highest BCUT2D eigenvalue weighted by Gasteiger charge is 2.18. The van der Waals surface area contributed by atoms with E-state index in [1.165, 1.54) is 25.7 Å². The molecule has 3 nitrogen and oxygen atoms in total. The van der Waals surface area contributed by atoms with Gasteiger partial charge in [0.2, 0.25) is 0 Å². The number of hydrogen-bond donors (Lipinski definition) is 1. The average molecular weight is 322 g/mol. The van der Waals surface area contributed by atoms with E-state index in [0.29, 0.717) is 5.56 Å². The Kier molecular flexibility index (Phi) is 5.24. The van der Waals surface area contributed by atoms with Crippen molar-refractivity contribution in [3.05, 3.63) is 28.2 Å². The zero-order chi connectivity index (χ0) is 13.7. The lowest BCUT2D eigenvalue weighted by atomic mass is 10.2. The number of likely N-dealkylation sites (N-methyl/N-ethyl adjacent to an activating group) is 1. The molecule has 0 saturated heterocycles. The molecule has 4 heteroatoms. The monoisotopic (exact) mass is 321 g/mol. The van der Waals surface area contributed by atoms with Gasteiger partial charge in [0.25, 0.3) is 0 Å². The lowest BCUT2D eigenvalue weighted by Crippen LogP contribution is -2.33. The van der Waals surface area contributed by atoms with E-state index in [9.17, 15) is 0 Å². The van der Waals surface area contributed by atoms with Crippen molar-refractivity contribution < 1.29 is 0 Å². The molecule has 1 aliphatic rings. The third-order valence-electron chi connectivity index (χ3n) is 3.83. The van der Waals surface area contributed by atoms with Gasteiger partial charge in [-0.2, -0.15) is 5.26 Å². The number of nitriles is 1. The zero-order valence-electron chi connectivity index (χ0n) is 11.3. The maximum absolute atomic E-state index is 9.10. The van der Waals surface area contributed by atoms with Gasteiger partial charge in [-0.25, -0.2) is 0 Å². The van der Waals surface area contributed by atoms with Crippen LogP contribution in [0, 0.1) is 11.3 Å². The Bertz CT molecular complexity index is 461. The fourth-order valence-corrected chi connectivity index (χ4v) is 3.02. The van der Waals surface area contributed by atoms with E-state index in [1.54, 1.807) is 0 Å². The molecule has 1 N–H and O–H groups in total. The van der Waals surface area contributed by atoms with E-state index < -0.39 is 0 Å². The third kappa shape index (κ3) is 3.95. The van der Waals surface area contributed by atoms with Gasteiger partial charge >= 0.3 is 0 Å². The van der Waals surface area contributed by atoms with Crippen LogP contribution >= 0.6 is 15.9 Å². The summed E-state index contributed by atoms with van der Waals surface area (Å²) in [6, 6.07) is 8.74. The minimum absolute atomic E-state index is 0.692. The predicted octanol–water partition coefficient (Wildman–Crippen LogP) is 3.61. The molecule has 0 unspecified atom stereocenters. The summed E-state index contributed by atoms with van der Waals surface area (Å²) in [7, 11) is 2.20. The Labute approximate surface area is 123 Å². The fraction of sp³-hybridized carbons (Fsp3) is 0.533. The molecule has 0 amide bonds. The van der Waals surface area contributed by atoms with Gasteiger partial charge in [0.05, 0.1) is 11.3 Å². The molecule has 1 saturated carbocycles. The maximum atomic E-state index is 9.10. The van der Waals surface area contributed by atoms with Crippen LogP contribution in [0.4, 0.5) is 5.69 Å². The van der Waals surface area contributed by atoms with E-state index in [4.69, 9.17) is 5.26 Å². The van der Waals surface area contributed by atoms with Gasteiger partial charge in [0.1, 0.15) is 6.07 Å². The number of nitrogens with zero attached hydrogens (tertiary/aromatic N) is 2. The first-order chi connectivity index (χ1) is 9.20. The molecular weight excluding hydrogens is 302 g/mol. The molecule has 1 aliphatic carbocycles. The van der Waals surface area contributed by atoms with Gasteiger partial charge in [-0.1, -0.05) is 28.8 Å². The van der Waals surface area contributed by atoms with E-state index in [0.717, 1.165) is 29.3 Å². The minimum atomic E-state index is 0.692. The van der Waals surface area contributed by atoms with Gasteiger partial charge in [0, 0.05) is 23.6 Å². The SMILES string of the molecule is CN(CCNc1ccc(Br)cc1C#N)C1CCCC1. The molecule has 0 aromatic heterocycles. The zero-order valence-corrected chi connectivity index (χ0v) is 12.9. The Balaban J connectivity index is 1.84. The number of hydrogen-bond acceptors (Lipinski definition) is 3. The van der Waals surface area contributed by atoms with Crippen molar-refractivity contribution in [3.63, 3.8) is 0 Å². The van der Waals surface area contributed by atoms with E-state index in [1.807, 2.05) is 18.2 Å². The third-order valence-corrected chi connectivity index (χ3v) is 4.32. The van der Waals surface area contributed by atoms with Crippen LogP contribution in [0.15, 0.2) is 22.7 Å². The van der Waals surface area contributed by atoms with Gasteiger partial charge in [-0.15, -0.1) is 0 Å². The van der Waals surface area contributed by atoms with Crippen molar-refractivity contribution in [2.24, 2.45) is 0 Å². The standard InChI is InChI=1S/C15H20BrN3/c1-19(14-4-2-3-5-14)9-8-18-15-7-6-13(16)10-12(15)11-17/h6-7,10,14,18H,2-5,8-9H2,1H3. The van der Waals surface area contributed by atoms with Crippen LogP contribution in [-0.2, 0) is 0 Å². The predicted molar refractivity (Wildman–Crippen MR) is 82.2 cm³/mol. The number of halogens is 1. The molecular formula is C15H20BrN3. The molecule has 0 bridgehead atoms. The molecule has 0 radical (unpaired) electrons. The highest BCUT2D eigenvalue weighted by atomic mass is 79.9. The van der Waals surface area contributed by atoms with Crippen molar-refractivity contribution in [2.45, 2.75) is 31.7 Å². The van der Waals surface area contributed by atoms with Crippen LogP contribution in [0.5, 0.6) is 0 Å². The summed E-state index contributed by atoms with van der Waals surface area (Å²) < 4.78 is 0.942. The molecule has 1 aromatic rings. The van der Waals surface area contributed by atoms with E-state index >= 15 is 0 Å². The van der Waals surface area contributed by atoms with Crippen molar-refractivity contribution in [1.82, 2.24) is 4.90 Å². The maximum Gasteiger partial charge on any atom is 0.101 e. The first kappa shape index (κ1) is 14.4. The van der Waals surface area contributed by atoms with Crippen LogP contribution in [0.3, 0.4) is 0 Å². The summed E-state index contributed by atoms with van der Waals surface area (Å²) in [5, 5.41) is 12.5. The Hall–Kier alpha value is -1.05. The summed E-state index contributed by atoms with van der Waals surface area (Å²) in [6.45, 7) is 1.90. The van der Waals surface area contributed by atoms with Gasteiger partial charge in [-0.05, 0) is 38.1 Å². The molecule has 0 aliphatic heterocycles. The molecule has 102 valence electrons. The van der Waals surface area contributed by atoms with Crippen LogP contribution in [-0.4, -0.2) is 31.1 Å². The van der Waals surface area contributed by atoms with E-state index in [2.05, 4.69) is 39.3 Å². The Morgan fingerprint density at radius 3 is 2.84 bits per heavy atom. The first-order valence-electron chi connectivity index (χ1n) is 6.84. The molecule has 0 atom stereocenters. The first-order valence-corrected chi connectivity index (χ1v) is 7.64. The highest BCUT2D eigenvalue weighted by molar-refractivity contribution is 9.10. The van der Waals surface area contributed by atoms with Crippen molar-refractivity contribution >= 4 is 21.6 Å². The number of nitrogens with one attached hydrogen (secondary N) is 1. The summed E-state index contributed by atoms with van der Waals surface area (Å²) in [5.74, 6) is 0. The molecule has 19 heavy (non-hydrogen) atoms. The van der Waals surface area contributed by atoms with Gasteiger partial charge in [0.15, 0.2) is 0 Å². The Morgan fingerprint density at radius 1 is 1.42 bits per heavy atom. The highest BCUT2D eigenvalue weighted by Crippen LogP contribution is 2.22. The van der Waals surface area contributed by atoms with Crippen molar-refractivity contribution in [1.29, 1.82) is 5.26 Å². The minimum Gasteiger partial charge on any atom is -0.383 e. The fourth-order valence-electron chi connectivity index (χ4n) is 2.66. The van der Waals surface area contributed by atoms with Crippen LogP contribution in [0.1, 0.15) is 31.2 Å². The molecule has 0 heterocycles. The lowest BCUT2D eigenvalue weighted by molar-refractivity contribution is 0.254. The van der Waals surface area contributed by atoms with Gasteiger partial charge in [-0.3, -0.25) is 0 Å². The second kappa shape index (κ2) is 6.93. The normalized spacial score (nSPS) is 15.7. The van der Waals surface area contributed by atoms with Crippen molar-refractivity contribution in [3.8, 4) is 6.07 Å². The van der Waals surface area contributed by atoms with Gasteiger partial charge < -0.3 is 10.2 Å². The van der Waals surface area contributed by atoms with Crippen LogP contribution < -0.4 is 5.32 Å².